The number of nitrogens with one attached hydrogen (secondary N) is 1. The Balaban J connectivity index is 2.01. The molecule has 0 radical (unpaired) electrons. The van der Waals surface area contributed by atoms with E-state index in [1.54, 1.807) is 18.2 Å². The number of carbonyl (C=O) groups excluding carboxylic acids is 1. The molecule has 122 valence electrons. The van der Waals surface area contributed by atoms with E-state index in [9.17, 15) is 9.90 Å². The molecule has 0 atom stereocenters. The molecule has 0 spiro atoms. The third-order valence-electron chi connectivity index (χ3n) is 4.21. The Morgan fingerprint density at radius 2 is 2.09 bits per heavy atom. The lowest BCUT2D eigenvalue weighted by Gasteiger charge is -2.33. The minimum Gasteiger partial charge on any atom is -0.392 e. The quantitative estimate of drug-likeness (QED) is 0.843. The minimum absolute atomic E-state index is 0.0417. The van der Waals surface area contributed by atoms with E-state index in [-0.39, 0.29) is 25.1 Å². The molecule has 1 aromatic carbocycles. The van der Waals surface area contributed by atoms with Crippen molar-refractivity contribution in [1.82, 2.24) is 4.90 Å². The summed E-state index contributed by atoms with van der Waals surface area (Å²) in [6, 6.07) is 5.86. The van der Waals surface area contributed by atoms with Gasteiger partial charge >= 0.3 is 0 Å². The molecule has 1 fully saturated rings. The van der Waals surface area contributed by atoms with Crippen LogP contribution in [0.15, 0.2) is 18.2 Å². The van der Waals surface area contributed by atoms with Crippen molar-refractivity contribution in [1.29, 1.82) is 0 Å². The summed E-state index contributed by atoms with van der Waals surface area (Å²) in [6.07, 6.45) is 4.62. The SMILES string of the molecule is CC(C)N(C(=O)CNc1cc(CO)ccc1Cl)C1CCCC1. The monoisotopic (exact) mass is 324 g/mol. The lowest BCUT2D eigenvalue weighted by molar-refractivity contribution is -0.133. The van der Waals surface area contributed by atoms with Crippen molar-refractivity contribution in [3.63, 3.8) is 0 Å². The van der Waals surface area contributed by atoms with Crippen LogP contribution in [0.1, 0.15) is 45.1 Å². The van der Waals surface area contributed by atoms with Crippen molar-refractivity contribution < 1.29 is 9.90 Å². The van der Waals surface area contributed by atoms with Crippen LogP contribution in [0.4, 0.5) is 5.69 Å². The van der Waals surface area contributed by atoms with Crippen LogP contribution in [0.25, 0.3) is 0 Å². The zero-order chi connectivity index (χ0) is 16.1. The van der Waals surface area contributed by atoms with Gasteiger partial charge in [-0.05, 0) is 44.4 Å². The lowest BCUT2D eigenvalue weighted by atomic mass is 10.1. The van der Waals surface area contributed by atoms with Crippen LogP contribution < -0.4 is 5.32 Å². The first-order valence-corrected chi connectivity index (χ1v) is 8.35. The van der Waals surface area contributed by atoms with Crippen LogP contribution in [0.5, 0.6) is 0 Å². The molecule has 0 bridgehead atoms. The fraction of sp³-hybridized carbons (Fsp3) is 0.588. The number of hydrogen-bond donors (Lipinski definition) is 2. The van der Waals surface area contributed by atoms with E-state index in [4.69, 9.17) is 11.6 Å². The molecule has 2 N–H and O–H groups in total. The Morgan fingerprint density at radius 1 is 1.41 bits per heavy atom. The van der Waals surface area contributed by atoms with Gasteiger partial charge in [-0.2, -0.15) is 0 Å². The van der Waals surface area contributed by atoms with E-state index < -0.39 is 0 Å². The van der Waals surface area contributed by atoms with Gasteiger partial charge in [0.25, 0.3) is 0 Å². The first kappa shape index (κ1) is 17.1. The Labute approximate surface area is 137 Å². The van der Waals surface area contributed by atoms with E-state index >= 15 is 0 Å². The molecule has 1 amide bonds. The number of carbonyl (C=O) groups is 1. The van der Waals surface area contributed by atoms with Crippen LogP contribution in [0.3, 0.4) is 0 Å². The maximum atomic E-state index is 12.6. The third kappa shape index (κ3) is 4.14. The van der Waals surface area contributed by atoms with Crippen LogP contribution >= 0.6 is 11.6 Å². The summed E-state index contributed by atoms with van der Waals surface area (Å²) >= 11 is 6.14. The highest BCUT2D eigenvalue weighted by Gasteiger charge is 2.28. The number of aliphatic hydroxyl groups is 1. The van der Waals surface area contributed by atoms with Crippen molar-refractivity contribution in [2.45, 2.75) is 58.2 Å². The molecule has 22 heavy (non-hydrogen) atoms. The predicted molar refractivity (Wildman–Crippen MR) is 90.1 cm³/mol. The van der Waals surface area contributed by atoms with Gasteiger partial charge in [0.2, 0.25) is 5.91 Å². The average Bonchev–Trinajstić information content (AvgIpc) is 3.00. The summed E-state index contributed by atoms with van der Waals surface area (Å²) in [5.74, 6) is 0.104. The van der Waals surface area contributed by atoms with E-state index in [1.807, 2.05) is 4.90 Å². The molecule has 4 nitrogen and oxygen atoms in total. The van der Waals surface area contributed by atoms with Gasteiger partial charge in [0.15, 0.2) is 0 Å². The molecule has 5 heteroatoms. The molecule has 0 unspecified atom stereocenters. The first-order chi connectivity index (χ1) is 10.5. The van der Waals surface area contributed by atoms with Gasteiger partial charge in [-0.25, -0.2) is 0 Å². The molecule has 0 aromatic heterocycles. The molecular formula is C17H25ClN2O2. The van der Waals surface area contributed by atoms with Crippen molar-refractivity contribution in [2.75, 3.05) is 11.9 Å². The zero-order valence-corrected chi connectivity index (χ0v) is 14.1. The van der Waals surface area contributed by atoms with Crippen molar-refractivity contribution >= 4 is 23.2 Å². The van der Waals surface area contributed by atoms with E-state index in [1.165, 1.54) is 12.8 Å². The van der Waals surface area contributed by atoms with Gasteiger partial charge < -0.3 is 15.3 Å². The second kappa shape index (κ2) is 7.84. The summed E-state index contributed by atoms with van der Waals surface area (Å²) in [7, 11) is 0. The summed E-state index contributed by atoms with van der Waals surface area (Å²) in [6.45, 7) is 4.31. The van der Waals surface area contributed by atoms with E-state index in [2.05, 4.69) is 19.2 Å². The van der Waals surface area contributed by atoms with Gasteiger partial charge in [0.1, 0.15) is 0 Å². The van der Waals surface area contributed by atoms with Gasteiger partial charge in [0, 0.05) is 12.1 Å². The molecule has 2 rings (SSSR count). The number of nitrogens with zero attached hydrogens (tertiary/aromatic N) is 1. The lowest BCUT2D eigenvalue weighted by Crippen LogP contribution is -2.46. The molecule has 1 aliphatic rings. The number of amides is 1. The summed E-state index contributed by atoms with van der Waals surface area (Å²) in [5, 5.41) is 12.9. The Hall–Kier alpha value is -1.26. The second-order valence-corrected chi connectivity index (χ2v) is 6.57. The number of rotatable bonds is 6. The highest BCUT2D eigenvalue weighted by atomic mass is 35.5. The van der Waals surface area contributed by atoms with Gasteiger partial charge in [0.05, 0.1) is 23.9 Å². The number of benzene rings is 1. The number of aliphatic hydroxyl groups excluding tert-OH is 1. The largest absolute Gasteiger partial charge is 0.392 e. The standard InChI is InChI=1S/C17H25ClN2O2/c1-12(2)20(14-5-3-4-6-14)17(22)10-19-16-9-13(11-21)7-8-15(16)18/h7-9,12,14,19,21H,3-6,10-11H2,1-2H3. The zero-order valence-electron chi connectivity index (χ0n) is 13.3. The number of hydrogen-bond acceptors (Lipinski definition) is 3. The molecule has 1 aromatic rings. The Morgan fingerprint density at radius 3 is 2.68 bits per heavy atom. The van der Waals surface area contributed by atoms with Crippen LogP contribution in [-0.2, 0) is 11.4 Å². The van der Waals surface area contributed by atoms with Crippen LogP contribution in [0.2, 0.25) is 5.02 Å². The van der Waals surface area contributed by atoms with Crippen molar-refractivity contribution in [3.05, 3.63) is 28.8 Å². The molecule has 0 aliphatic heterocycles. The molecule has 1 saturated carbocycles. The van der Waals surface area contributed by atoms with Crippen LogP contribution in [-0.4, -0.2) is 34.5 Å². The molecule has 0 saturated heterocycles. The molecule has 0 heterocycles. The second-order valence-electron chi connectivity index (χ2n) is 6.16. The van der Waals surface area contributed by atoms with Crippen molar-refractivity contribution in [3.8, 4) is 0 Å². The topological polar surface area (TPSA) is 52.6 Å². The number of anilines is 1. The van der Waals surface area contributed by atoms with Gasteiger partial charge in [-0.15, -0.1) is 0 Å². The molecule has 1 aliphatic carbocycles. The summed E-state index contributed by atoms with van der Waals surface area (Å²) < 4.78 is 0. The van der Waals surface area contributed by atoms with E-state index in [0.29, 0.717) is 16.8 Å². The van der Waals surface area contributed by atoms with Gasteiger partial charge in [-0.1, -0.05) is 30.5 Å². The third-order valence-corrected chi connectivity index (χ3v) is 4.54. The maximum Gasteiger partial charge on any atom is 0.242 e. The Kier molecular flexibility index (Phi) is 6.09. The highest BCUT2D eigenvalue weighted by molar-refractivity contribution is 6.33. The minimum atomic E-state index is -0.0417. The maximum absolute atomic E-state index is 12.6. The van der Waals surface area contributed by atoms with Crippen LogP contribution in [0, 0.1) is 0 Å². The van der Waals surface area contributed by atoms with E-state index in [0.717, 1.165) is 18.4 Å². The normalized spacial score (nSPS) is 15.3. The van der Waals surface area contributed by atoms with Gasteiger partial charge in [-0.3, -0.25) is 4.79 Å². The predicted octanol–water partition coefficient (Wildman–Crippen LogP) is 3.42. The average molecular weight is 325 g/mol. The summed E-state index contributed by atoms with van der Waals surface area (Å²) in [5.41, 5.74) is 1.47. The number of halogens is 1. The summed E-state index contributed by atoms with van der Waals surface area (Å²) in [4.78, 5) is 14.6. The van der Waals surface area contributed by atoms with Crippen molar-refractivity contribution in [2.24, 2.45) is 0 Å². The Bertz CT molecular complexity index is 513. The fourth-order valence-electron chi connectivity index (χ4n) is 3.16. The highest BCUT2D eigenvalue weighted by Crippen LogP contribution is 2.26. The smallest absolute Gasteiger partial charge is 0.242 e. The first-order valence-electron chi connectivity index (χ1n) is 7.97. The molecular weight excluding hydrogens is 300 g/mol. The fourth-order valence-corrected chi connectivity index (χ4v) is 3.35.